The van der Waals surface area contributed by atoms with E-state index in [-0.39, 0.29) is 17.8 Å². The van der Waals surface area contributed by atoms with Crippen molar-refractivity contribution in [3.05, 3.63) is 108 Å². The second kappa shape index (κ2) is 15.6. The first kappa shape index (κ1) is 35.3. The number of benzene rings is 3. The zero-order valence-corrected chi connectivity index (χ0v) is 30.2. The maximum absolute atomic E-state index is 14.5. The Balaban J connectivity index is 1.06. The number of anilines is 1. The molecule has 1 N–H and O–H groups in total. The SMILES string of the molecule is COc1cc(CN2CCC(CCN3CCC(N(Cc4ccccn4)c4nc5ccccc5[nH]4)CC3)(Cc3ccc(F)cc3)C2=O)cc(OC)c1OC. The van der Waals surface area contributed by atoms with Crippen molar-refractivity contribution in [1.29, 1.82) is 0 Å². The number of carbonyl (C=O) groups is 1. The Hall–Kier alpha value is -5.16. The van der Waals surface area contributed by atoms with Crippen molar-refractivity contribution in [2.75, 3.05) is 52.4 Å². The minimum Gasteiger partial charge on any atom is -0.493 e. The number of amides is 1. The van der Waals surface area contributed by atoms with E-state index in [0.29, 0.717) is 43.3 Å². The molecule has 1 atom stereocenters. The summed E-state index contributed by atoms with van der Waals surface area (Å²) in [5, 5.41) is 0. The number of para-hydroxylation sites is 2. The van der Waals surface area contributed by atoms with Crippen molar-refractivity contribution in [2.24, 2.45) is 5.41 Å². The molecule has 1 unspecified atom stereocenters. The number of aromatic amines is 1. The predicted molar refractivity (Wildman–Crippen MR) is 199 cm³/mol. The number of ether oxygens (including phenoxy) is 3. The quantitative estimate of drug-likeness (QED) is 0.137. The number of H-pyrrole nitrogens is 1. The van der Waals surface area contributed by atoms with Crippen LogP contribution in [0.15, 0.2) is 85.1 Å². The van der Waals surface area contributed by atoms with Gasteiger partial charge in [0.05, 0.1) is 50.0 Å². The summed E-state index contributed by atoms with van der Waals surface area (Å²) in [4.78, 5) is 34.4. The van der Waals surface area contributed by atoms with Gasteiger partial charge in [-0.3, -0.25) is 9.78 Å². The van der Waals surface area contributed by atoms with Crippen molar-refractivity contribution in [1.82, 2.24) is 24.8 Å². The molecule has 52 heavy (non-hydrogen) atoms. The van der Waals surface area contributed by atoms with Crippen LogP contribution in [0.1, 0.15) is 42.5 Å². The van der Waals surface area contributed by atoms with E-state index in [2.05, 4.69) is 31.9 Å². The van der Waals surface area contributed by atoms with E-state index in [1.807, 2.05) is 65.7 Å². The molecule has 0 saturated carbocycles. The van der Waals surface area contributed by atoms with Crippen LogP contribution in [0.2, 0.25) is 0 Å². The minimum atomic E-state index is -0.589. The highest BCUT2D eigenvalue weighted by atomic mass is 19.1. The van der Waals surface area contributed by atoms with Crippen molar-refractivity contribution >= 4 is 22.9 Å². The Bertz CT molecular complexity index is 1910. The van der Waals surface area contributed by atoms with E-state index >= 15 is 0 Å². The Kier molecular flexibility index (Phi) is 10.6. The van der Waals surface area contributed by atoms with Crippen LogP contribution in [0.5, 0.6) is 17.2 Å². The molecule has 0 bridgehead atoms. The minimum absolute atomic E-state index is 0.131. The molecule has 272 valence electrons. The van der Waals surface area contributed by atoms with Gasteiger partial charge in [-0.05, 0) is 98.3 Å². The summed E-state index contributed by atoms with van der Waals surface area (Å²) >= 11 is 0. The van der Waals surface area contributed by atoms with Gasteiger partial charge in [0.25, 0.3) is 0 Å². The largest absolute Gasteiger partial charge is 0.493 e. The third-order valence-electron chi connectivity index (χ3n) is 10.8. The van der Waals surface area contributed by atoms with Gasteiger partial charge in [0.2, 0.25) is 17.6 Å². The second-order valence-corrected chi connectivity index (χ2v) is 13.9. The molecule has 0 spiro atoms. The molecule has 3 aromatic carbocycles. The van der Waals surface area contributed by atoms with Gasteiger partial charge >= 0.3 is 0 Å². The number of rotatable bonds is 14. The van der Waals surface area contributed by atoms with E-state index in [0.717, 1.165) is 79.1 Å². The Labute approximate surface area is 304 Å². The molecule has 2 aromatic heterocycles. The highest BCUT2D eigenvalue weighted by Crippen LogP contribution is 2.42. The molecule has 2 saturated heterocycles. The third kappa shape index (κ3) is 7.55. The summed E-state index contributed by atoms with van der Waals surface area (Å²) in [6, 6.07) is 24.9. The van der Waals surface area contributed by atoms with Crippen molar-refractivity contribution in [3.63, 3.8) is 0 Å². The van der Waals surface area contributed by atoms with Crippen LogP contribution in [-0.4, -0.2) is 84.2 Å². The maximum atomic E-state index is 14.5. The number of aromatic nitrogens is 3. The van der Waals surface area contributed by atoms with Gasteiger partial charge in [-0.1, -0.05) is 30.3 Å². The molecule has 7 rings (SSSR count). The normalized spacial score (nSPS) is 18.2. The molecular weight excluding hydrogens is 659 g/mol. The van der Waals surface area contributed by atoms with Crippen molar-refractivity contribution in [2.45, 2.75) is 51.2 Å². The van der Waals surface area contributed by atoms with Gasteiger partial charge in [0, 0.05) is 38.4 Å². The average Bonchev–Trinajstić information content (AvgIpc) is 3.75. The molecule has 0 radical (unpaired) electrons. The van der Waals surface area contributed by atoms with Gasteiger partial charge < -0.3 is 33.9 Å². The number of likely N-dealkylation sites (tertiary alicyclic amines) is 2. The number of pyridine rings is 1. The first-order valence-electron chi connectivity index (χ1n) is 18.0. The van der Waals surface area contributed by atoms with E-state index in [4.69, 9.17) is 19.2 Å². The number of imidazole rings is 1. The Morgan fingerprint density at radius 3 is 2.31 bits per heavy atom. The molecule has 4 heterocycles. The summed E-state index contributed by atoms with van der Waals surface area (Å²) in [5.41, 5.74) is 4.26. The van der Waals surface area contributed by atoms with Gasteiger partial charge in [-0.2, -0.15) is 0 Å². The molecule has 1 amide bonds. The fraction of sp³-hybridized carbons (Fsp3) is 0.390. The third-order valence-corrected chi connectivity index (χ3v) is 10.8. The van der Waals surface area contributed by atoms with E-state index < -0.39 is 5.41 Å². The van der Waals surface area contributed by atoms with Crippen LogP contribution in [0.25, 0.3) is 11.0 Å². The number of hydrogen-bond donors (Lipinski definition) is 1. The van der Waals surface area contributed by atoms with Crippen LogP contribution < -0.4 is 19.1 Å². The first-order valence-corrected chi connectivity index (χ1v) is 18.0. The molecular formula is C41H47FN6O4. The molecule has 2 aliphatic rings. The predicted octanol–water partition coefficient (Wildman–Crippen LogP) is 6.65. The maximum Gasteiger partial charge on any atom is 0.229 e. The van der Waals surface area contributed by atoms with Gasteiger partial charge in [-0.15, -0.1) is 0 Å². The molecule has 10 nitrogen and oxygen atoms in total. The Morgan fingerprint density at radius 1 is 0.904 bits per heavy atom. The van der Waals surface area contributed by atoms with Crippen LogP contribution in [-0.2, 0) is 24.3 Å². The lowest BCUT2D eigenvalue weighted by molar-refractivity contribution is -0.137. The number of nitrogens with one attached hydrogen (secondary N) is 1. The topological polar surface area (TPSA) is 96.1 Å². The summed E-state index contributed by atoms with van der Waals surface area (Å²) in [6.45, 7) is 4.38. The lowest BCUT2D eigenvalue weighted by Gasteiger charge is -2.39. The molecule has 2 aliphatic heterocycles. The first-order chi connectivity index (χ1) is 25.4. The highest BCUT2D eigenvalue weighted by molar-refractivity contribution is 5.85. The summed E-state index contributed by atoms with van der Waals surface area (Å²) in [7, 11) is 4.76. The lowest BCUT2D eigenvalue weighted by atomic mass is 9.77. The number of piperidine rings is 1. The fourth-order valence-corrected chi connectivity index (χ4v) is 7.91. The summed E-state index contributed by atoms with van der Waals surface area (Å²) in [6.07, 6.45) is 5.80. The number of methoxy groups -OCH3 is 3. The van der Waals surface area contributed by atoms with E-state index in [1.165, 1.54) is 12.1 Å². The zero-order chi connectivity index (χ0) is 36.1. The van der Waals surface area contributed by atoms with Crippen LogP contribution >= 0.6 is 0 Å². The number of halogens is 1. The Morgan fingerprint density at radius 2 is 1.63 bits per heavy atom. The monoisotopic (exact) mass is 706 g/mol. The van der Waals surface area contributed by atoms with E-state index in [9.17, 15) is 9.18 Å². The van der Waals surface area contributed by atoms with Crippen LogP contribution in [0.4, 0.5) is 10.3 Å². The highest BCUT2D eigenvalue weighted by Gasteiger charge is 2.46. The van der Waals surface area contributed by atoms with Crippen LogP contribution in [0, 0.1) is 11.2 Å². The molecule has 5 aromatic rings. The summed E-state index contributed by atoms with van der Waals surface area (Å²) < 4.78 is 30.6. The molecule has 0 aliphatic carbocycles. The second-order valence-electron chi connectivity index (χ2n) is 13.9. The van der Waals surface area contributed by atoms with Gasteiger partial charge in [0.1, 0.15) is 5.82 Å². The number of hydrogen-bond acceptors (Lipinski definition) is 8. The zero-order valence-electron chi connectivity index (χ0n) is 30.2. The number of carbonyl (C=O) groups excluding carboxylic acids is 1. The standard InChI is InChI=1S/C41H47FN6O4/c1-50-36-24-30(25-37(51-2)38(36)52-3)27-47-23-18-41(39(47)49,26-29-11-13-31(42)14-12-29)17-22-46-20-15-33(16-21-46)48(28-32-8-6-7-19-43-32)40-44-34-9-4-5-10-35(34)45-40/h4-14,19,24-25,33H,15-18,20-23,26-28H2,1-3H3,(H,44,45). The van der Waals surface area contributed by atoms with Crippen molar-refractivity contribution in [3.8, 4) is 17.2 Å². The van der Waals surface area contributed by atoms with Crippen LogP contribution in [0.3, 0.4) is 0 Å². The van der Waals surface area contributed by atoms with Crippen molar-refractivity contribution < 1.29 is 23.4 Å². The van der Waals surface area contributed by atoms with E-state index in [1.54, 1.807) is 21.3 Å². The lowest BCUT2D eigenvalue weighted by Crippen LogP contribution is -2.46. The fourth-order valence-electron chi connectivity index (χ4n) is 7.91. The van der Waals surface area contributed by atoms with Gasteiger partial charge in [-0.25, -0.2) is 9.37 Å². The smallest absolute Gasteiger partial charge is 0.229 e. The summed E-state index contributed by atoms with van der Waals surface area (Å²) in [5.74, 6) is 2.36. The molecule has 2 fully saturated rings. The average molecular weight is 707 g/mol. The molecule has 11 heteroatoms. The number of fused-ring (bicyclic) bond motifs is 1. The number of nitrogens with zero attached hydrogens (tertiary/aromatic N) is 5. The van der Waals surface area contributed by atoms with Gasteiger partial charge in [0.15, 0.2) is 11.5 Å².